The van der Waals surface area contributed by atoms with E-state index in [-0.39, 0.29) is 6.04 Å². The lowest BCUT2D eigenvalue weighted by Gasteiger charge is -2.24. The van der Waals surface area contributed by atoms with Crippen LogP contribution in [0.4, 0.5) is 5.69 Å². The zero-order chi connectivity index (χ0) is 14.7. The first-order valence-corrected chi connectivity index (χ1v) is 8.41. The number of nitrogens with zero attached hydrogens (tertiary/aromatic N) is 1. The topological polar surface area (TPSA) is 32.3 Å². The van der Waals surface area contributed by atoms with Gasteiger partial charge in [-0.25, -0.2) is 0 Å². The number of para-hydroxylation sites is 1. The molecule has 0 aliphatic carbocycles. The van der Waals surface area contributed by atoms with Crippen LogP contribution in [0.15, 0.2) is 24.3 Å². The van der Waals surface area contributed by atoms with E-state index in [4.69, 9.17) is 0 Å². The predicted molar refractivity (Wildman–Crippen MR) is 86.4 cm³/mol. The molecule has 0 spiro atoms. The largest absolute Gasteiger partial charge is 0.373 e. The number of anilines is 1. The number of nitrogens with one attached hydrogen (secondary N) is 1. The Labute approximate surface area is 127 Å². The van der Waals surface area contributed by atoms with Gasteiger partial charge in [-0.05, 0) is 36.8 Å². The summed E-state index contributed by atoms with van der Waals surface area (Å²) in [5.74, 6) is 1.12. The lowest BCUT2D eigenvalue weighted by atomic mass is 9.96. The van der Waals surface area contributed by atoms with Gasteiger partial charge in [0, 0.05) is 25.2 Å². The first kappa shape index (κ1) is 14.4. The van der Waals surface area contributed by atoms with Crippen molar-refractivity contribution in [2.24, 2.45) is 5.92 Å². The minimum Gasteiger partial charge on any atom is -0.373 e. The van der Waals surface area contributed by atoms with E-state index in [1.165, 1.54) is 31.2 Å². The third kappa shape index (κ3) is 3.22. The van der Waals surface area contributed by atoms with Gasteiger partial charge in [0.1, 0.15) is 6.04 Å². The molecule has 1 aromatic carbocycles. The average Bonchev–Trinajstić information content (AvgIpc) is 2.80. The van der Waals surface area contributed by atoms with Gasteiger partial charge in [-0.1, -0.05) is 38.0 Å². The quantitative estimate of drug-likeness (QED) is 0.923. The molecule has 2 unspecified atom stereocenters. The zero-order valence-corrected chi connectivity index (χ0v) is 13.0. The smallest absolute Gasteiger partial charge is 0.245 e. The van der Waals surface area contributed by atoms with Crippen LogP contribution in [0, 0.1) is 5.92 Å². The maximum Gasteiger partial charge on any atom is 0.245 e. The third-order valence-electron chi connectivity index (χ3n) is 4.93. The number of benzene rings is 1. The van der Waals surface area contributed by atoms with Crippen molar-refractivity contribution < 1.29 is 4.79 Å². The van der Waals surface area contributed by atoms with E-state index in [9.17, 15) is 4.79 Å². The standard InChI is InChI=1S/C18H26N2O/c1-2-6-14-7-5-11-20(12-10-14)18(21)17-13-15-8-3-4-9-16(15)19-17/h3-4,8-9,14,17,19H,2,5-7,10-13H2,1H3. The Hall–Kier alpha value is -1.51. The molecule has 2 atom stereocenters. The summed E-state index contributed by atoms with van der Waals surface area (Å²) >= 11 is 0. The summed E-state index contributed by atoms with van der Waals surface area (Å²) in [7, 11) is 0. The molecular weight excluding hydrogens is 260 g/mol. The van der Waals surface area contributed by atoms with Gasteiger partial charge in [-0.3, -0.25) is 4.79 Å². The van der Waals surface area contributed by atoms with Gasteiger partial charge in [0.25, 0.3) is 0 Å². The molecule has 21 heavy (non-hydrogen) atoms. The number of carbonyl (C=O) groups is 1. The average molecular weight is 286 g/mol. The van der Waals surface area contributed by atoms with Gasteiger partial charge < -0.3 is 10.2 Å². The molecule has 0 aromatic heterocycles. The number of hydrogen-bond acceptors (Lipinski definition) is 2. The number of likely N-dealkylation sites (tertiary alicyclic amines) is 1. The van der Waals surface area contributed by atoms with Crippen molar-refractivity contribution >= 4 is 11.6 Å². The molecule has 2 aliphatic rings. The molecule has 2 heterocycles. The highest BCUT2D eigenvalue weighted by molar-refractivity contribution is 5.87. The summed E-state index contributed by atoms with van der Waals surface area (Å²) in [6.45, 7) is 4.14. The fraction of sp³-hybridized carbons (Fsp3) is 0.611. The molecule has 1 aromatic rings. The lowest BCUT2D eigenvalue weighted by molar-refractivity contribution is -0.131. The van der Waals surface area contributed by atoms with Crippen LogP contribution in [-0.4, -0.2) is 29.9 Å². The van der Waals surface area contributed by atoms with Crippen LogP contribution >= 0.6 is 0 Å². The molecule has 0 saturated carbocycles. The van der Waals surface area contributed by atoms with Gasteiger partial charge in [0.15, 0.2) is 0 Å². The monoisotopic (exact) mass is 286 g/mol. The summed E-state index contributed by atoms with van der Waals surface area (Å²) in [4.78, 5) is 14.8. The van der Waals surface area contributed by atoms with E-state index >= 15 is 0 Å². The predicted octanol–water partition coefficient (Wildman–Crippen LogP) is 3.45. The fourth-order valence-corrected chi connectivity index (χ4v) is 3.75. The summed E-state index contributed by atoms with van der Waals surface area (Å²) < 4.78 is 0. The maximum absolute atomic E-state index is 12.7. The van der Waals surface area contributed by atoms with Gasteiger partial charge >= 0.3 is 0 Å². The molecule has 3 nitrogen and oxygen atoms in total. The van der Waals surface area contributed by atoms with Crippen molar-refractivity contribution in [1.82, 2.24) is 4.90 Å². The van der Waals surface area contributed by atoms with E-state index in [1.54, 1.807) is 0 Å². The zero-order valence-electron chi connectivity index (χ0n) is 13.0. The minimum atomic E-state index is -0.0508. The number of fused-ring (bicyclic) bond motifs is 1. The van der Waals surface area contributed by atoms with Crippen LogP contribution in [0.1, 0.15) is 44.6 Å². The number of carbonyl (C=O) groups excluding carboxylic acids is 1. The maximum atomic E-state index is 12.7. The molecule has 3 rings (SSSR count). The molecule has 1 N–H and O–H groups in total. The molecule has 114 valence electrons. The first-order valence-electron chi connectivity index (χ1n) is 8.41. The van der Waals surface area contributed by atoms with Gasteiger partial charge in [0.2, 0.25) is 5.91 Å². The van der Waals surface area contributed by atoms with E-state index in [2.05, 4.69) is 35.3 Å². The van der Waals surface area contributed by atoms with Crippen molar-refractivity contribution in [3.8, 4) is 0 Å². The van der Waals surface area contributed by atoms with Crippen LogP contribution in [0.5, 0.6) is 0 Å². The van der Waals surface area contributed by atoms with Crippen LogP contribution in [0.3, 0.4) is 0 Å². The summed E-state index contributed by atoms with van der Waals surface area (Å²) in [5.41, 5.74) is 2.41. The summed E-state index contributed by atoms with van der Waals surface area (Å²) in [6.07, 6.45) is 7.04. The molecular formula is C18H26N2O. The van der Waals surface area contributed by atoms with Crippen LogP contribution in [-0.2, 0) is 11.2 Å². The first-order chi connectivity index (χ1) is 10.3. The van der Waals surface area contributed by atoms with Gasteiger partial charge in [-0.2, -0.15) is 0 Å². The van der Waals surface area contributed by atoms with Crippen molar-refractivity contribution in [3.63, 3.8) is 0 Å². The number of amides is 1. The molecule has 0 bridgehead atoms. The van der Waals surface area contributed by atoms with Gasteiger partial charge in [0.05, 0.1) is 0 Å². The van der Waals surface area contributed by atoms with E-state index in [0.29, 0.717) is 5.91 Å². The Bertz CT molecular complexity index is 475. The van der Waals surface area contributed by atoms with Crippen molar-refractivity contribution in [2.45, 2.75) is 51.5 Å². The SMILES string of the molecule is CCCC1CCCN(C(=O)C2Cc3ccccc3N2)CC1. The second-order valence-corrected chi connectivity index (χ2v) is 6.47. The number of hydrogen-bond donors (Lipinski definition) is 1. The van der Waals surface area contributed by atoms with Crippen LogP contribution < -0.4 is 5.32 Å². The van der Waals surface area contributed by atoms with Crippen molar-refractivity contribution in [1.29, 1.82) is 0 Å². The minimum absolute atomic E-state index is 0.0508. The Kier molecular flexibility index (Phi) is 4.47. The Morgan fingerprint density at radius 3 is 2.95 bits per heavy atom. The molecule has 3 heteroatoms. The van der Waals surface area contributed by atoms with E-state index < -0.39 is 0 Å². The molecule has 1 saturated heterocycles. The highest BCUT2D eigenvalue weighted by Crippen LogP contribution is 2.27. The van der Waals surface area contributed by atoms with Crippen LogP contribution in [0.25, 0.3) is 0 Å². The van der Waals surface area contributed by atoms with Gasteiger partial charge in [-0.15, -0.1) is 0 Å². The second kappa shape index (κ2) is 6.50. The van der Waals surface area contributed by atoms with E-state index in [0.717, 1.165) is 37.5 Å². The summed E-state index contributed by atoms with van der Waals surface area (Å²) in [6, 6.07) is 8.22. The van der Waals surface area contributed by atoms with Crippen molar-refractivity contribution in [2.75, 3.05) is 18.4 Å². The third-order valence-corrected chi connectivity index (χ3v) is 4.93. The molecule has 0 radical (unpaired) electrons. The fourth-order valence-electron chi connectivity index (χ4n) is 3.75. The normalized spacial score (nSPS) is 25.1. The van der Waals surface area contributed by atoms with Crippen molar-refractivity contribution in [3.05, 3.63) is 29.8 Å². The second-order valence-electron chi connectivity index (χ2n) is 6.47. The highest BCUT2D eigenvalue weighted by Gasteiger charge is 2.30. The van der Waals surface area contributed by atoms with Crippen LogP contribution in [0.2, 0.25) is 0 Å². The molecule has 1 fully saturated rings. The summed E-state index contributed by atoms with van der Waals surface area (Å²) in [5, 5.41) is 3.40. The number of rotatable bonds is 3. The Balaban J connectivity index is 1.59. The Morgan fingerprint density at radius 1 is 1.29 bits per heavy atom. The molecule has 2 aliphatic heterocycles. The highest BCUT2D eigenvalue weighted by atomic mass is 16.2. The Morgan fingerprint density at radius 2 is 2.14 bits per heavy atom. The van der Waals surface area contributed by atoms with E-state index in [1.807, 2.05) is 6.07 Å². The molecule has 1 amide bonds. The lowest BCUT2D eigenvalue weighted by Crippen LogP contribution is -2.42.